The van der Waals surface area contributed by atoms with Crippen LogP contribution >= 0.6 is 0 Å². The van der Waals surface area contributed by atoms with Gasteiger partial charge in [-0.1, -0.05) is 18.2 Å². The van der Waals surface area contributed by atoms with E-state index in [9.17, 15) is 18.0 Å². The molecule has 5 heteroatoms. The van der Waals surface area contributed by atoms with Gasteiger partial charge in [-0.3, -0.25) is 9.78 Å². The number of nitrogens with zero attached hydrogens (tertiary/aromatic N) is 1. The molecule has 0 aliphatic rings. The molecule has 0 saturated carbocycles. The van der Waals surface area contributed by atoms with Gasteiger partial charge in [-0.15, -0.1) is 0 Å². The van der Waals surface area contributed by atoms with Crippen molar-refractivity contribution >= 4 is 16.7 Å². The molecule has 21 heavy (non-hydrogen) atoms. The number of benzene rings is 2. The van der Waals surface area contributed by atoms with Crippen molar-refractivity contribution in [1.82, 2.24) is 4.98 Å². The third kappa shape index (κ3) is 2.27. The zero-order valence-corrected chi connectivity index (χ0v) is 10.6. The van der Waals surface area contributed by atoms with Gasteiger partial charge in [0.2, 0.25) is 0 Å². The summed E-state index contributed by atoms with van der Waals surface area (Å²) in [7, 11) is 0. The Morgan fingerprint density at radius 1 is 0.952 bits per heavy atom. The van der Waals surface area contributed by atoms with E-state index >= 15 is 0 Å². The molecule has 0 atom stereocenters. The first kappa shape index (κ1) is 13.3. The van der Waals surface area contributed by atoms with Crippen molar-refractivity contribution < 1.29 is 18.0 Å². The fourth-order valence-corrected chi connectivity index (χ4v) is 2.06. The quantitative estimate of drug-likeness (QED) is 0.529. The number of carbonyl (C=O) groups excluding carboxylic acids is 1. The molecule has 2 nitrogen and oxygen atoms in total. The molecule has 1 aromatic heterocycles. The van der Waals surface area contributed by atoms with Gasteiger partial charge in [0.05, 0.1) is 11.1 Å². The minimum Gasteiger partial charge on any atom is -0.288 e. The van der Waals surface area contributed by atoms with Crippen molar-refractivity contribution in [3.05, 3.63) is 77.2 Å². The summed E-state index contributed by atoms with van der Waals surface area (Å²) in [5, 5.41) is 0.819. The van der Waals surface area contributed by atoms with E-state index in [-0.39, 0.29) is 5.56 Å². The third-order valence-corrected chi connectivity index (χ3v) is 3.15. The van der Waals surface area contributed by atoms with E-state index in [2.05, 4.69) is 4.98 Å². The molecule has 0 N–H and O–H groups in total. The lowest BCUT2D eigenvalue weighted by atomic mass is 10.0. The van der Waals surface area contributed by atoms with Gasteiger partial charge in [0.1, 0.15) is 0 Å². The molecule has 0 aliphatic carbocycles. The highest BCUT2D eigenvalue weighted by Crippen LogP contribution is 2.20. The molecule has 3 aromatic rings. The standard InChI is InChI=1S/C16H8F3NO/c17-12-6-5-11(14(18)15(12)19)16(21)10-4-3-9-2-1-7-20-13(9)8-10/h1-8H. The summed E-state index contributed by atoms with van der Waals surface area (Å²) >= 11 is 0. The van der Waals surface area contributed by atoms with E-state index in [1.165, 1.54) is 12.1 Å². The van der Waals surface area contributed by atoms with Crippen LogP contribution in [0, 0.1) is 17.5 Å². The smallest absolute Gasteiger partial charge is 0.196 e. The predicted octanol–water partition coefficient (Wildman–Crippen LogP) is 3.88. The molecule has 0 unspecified atom stereocenters. The summed E-state index contributed by atoms with van der Waals surface area (Å²) in [6.45, 7) is 0. The van der Waals surface area contributed by atoms with Crippen LogP contribution in [0.25, 0.3) is 10.9 Å². The van der Waals surface area contributed by atoms with Crippen LogP contribution in [0.1, 0.15) is 15.9 Å². The van der Waals surface area contributed by atoms with Crippen LogP contribution in [0.3, 0.4) is 0 Å². The van der Waals surface area contributed by atoms with Crippen LogP contribution in [-0.2, 0) is 0 Å². The maximum atomic E-state index is 13.7. The topological polar surface area (TPSA) is 30.0 Å². The Hall–Kier alpha value is -2.69. The van der Waals surface area contributed by atoms with Crippen molar-refractivity contribution in [2.45, 2.75) is 0 Å². The molecular weight excluding hydrogens is 279 g/mol. The first-order valence-corrected chi connectivity index (χ1v) is 6.11. The number of halogens is 3. The molecule has 104 valence electrons. The first-order valence-electron chi connectivity index (χ1n) is 6.11. The Morgan fingerprint density at radius 2 is 1.76 bits per heavy atom. The molecule has 0 bridgehead atoms. The van der Waals surface area contributed by atoms with Crippen LogP contribution in [0.4, 0.5) is 13.2 Å². The normalized spacial score (nSPS) is 10.8. The average molecular weight is 287 g/mol. The Bertz CT molecular complexity index is 861. The van der Waals surface area contributed by atoms with E-state index in [1.807, 2.05) is 6.07 Å². The predicted molar refractivity (Wildman–Crippen MR) is 71.5 cm³/mol. The summed E-state index contributed by atoms with van der Waals surface area (Å²) < 4.78 is 39.8. The van der Waals surface area contributed by atoms with Crippen molar-refractivity contribution in [1.29, 1.82) is 0 Å². The van der Waals surface area contributed by atoms with Gasteiger partial charge >= 0.3 is 0 Å². The Labute approximate surface area is 117 Å². The lowest BCUT2D eigenvalue weighted by Crippen LogP contribution is -2.07. The summed E-state index contributed by atoms with van der Waals surface area (Å²) in [5.74, 6) is -5.19. The molecule has 0 saturated heterocycles. The molecule has 3 rings (SSSR count). The van der Waals surface area contributed by atoms with Crippen LogP contribution in [-0.4, -0.2) is 10.8 Å². The van der Waals surface area contributed by atoms with Crippen molar-refractivity contribution in [2.75, 3.05) is 0 Å². The second-order valence-corrected chi connectivity index (χ2v) is 4.46. The van der Waals surface area contributed by atoms with Crippen LogP contribution in [0.2, 0.25) is 0 Å². The fraction of sp³-hybridized carbons (Fsp3) is 0. The van der Waals surface area contributed by atoms with Gasteiger partial charge in [0.15, 0.2) is 23.2 Å². The summed E-state index contributed by atoms with van der Waals surface area (Å²) in [6.07, 6.45) is 1.56. The van der Waals surface area contributed by atoms with E-state index in [4.69, 9.17) is 0 Å². The van der Waals surface area contributed by atoms with E-state index in [0.29, 0.717) is 5.52 Å². The monoisotopic (exact) mass is 287 g/mol. The second-order valence-electron chi connectivity index (χ2n) is 4.46. The van der Waals surface area contributed by atoms with E-state index in [0.717, 1.165) is 17.5 Å². The number of hydrogen-bond donors (Lipinski definition) is 0. The van der Waals surface area contributed by atoms with Gasteiger partial charge in [-0.05, 0) is 24.3 Å². The number of ketones is 1. The van der Waals surface area contributed by atoms with Gasteiger partial charge < -0.3 is 0 Å². The van der Waals surface area contributed by atoms with Crippen molar-refractivity contribution in [3.63, 3.8) is 0 Å². The molecule has 1 heterocycles. The molecule has 0 aliphatic heterocycles. The van der Waals surface area contributed by atoms with E-state index in [1.54, 1.807) is 18.3 Å². The molecule has 0 radical (unpaired) electrons. The van der Waals surface area contributed by atoms with Gasteiger partial charge in [0, 0.05) is 17.1 Å². The molecular formula is C16H8F3NO. The largest absolute Gasteiger partial charge is 0.288 e. The summed E-state index contributed by atoms with van der Waals surface area (Å²) in [5.41, 5.74) is 0.210. The highest BCUT2D eigenvalue weighted by molar-refractivity contribution is 6.10. The molecule has 0 fully saturated rings. The minimum atomic E-state index is -1.65. The maximum Gasteiger partial charge on any atom is 0.196 e. The SMILES string of the molecule is O=C(c1ccc2cccnc2c1)c1ccc(F)c(F)c1F. The van der Waals surface area contributed by atoms with Crippen LogP contribution < -0.4 is 0 Å². The zero-order valence-electron chi connectivity index (χ0n) is 10.6. The summed E-state index contributed by atoms with van der Waals surface area (Å²) in [6, 6.07) is 9.86. The maximum absolute atomic E-state index is 13.7. The lowest BCUT2D eigenvalue weighted by Gasteiger charge is -2.05. The number of fused-ring (bicyclic) bond motifs is 1. The van der Waals surface area contributed by atoms with Crippen molar-refractivity contribution in [2.24, 2.45) is 0 Å². The highest BCUT2D eigenvalue weighted by atomic mass is 19.2. The first-order chi connectivity index (χ1) is 10.1. The van der Waals surface area contributed by atoms with Crippen LogP contribution in [0.5, 0.6) is 0 Å². The number of pyridine rings is 1. The lowest BCUT2D eigenvalue weighted by molar-refractivity contribution is 0.103. The summed E-state index contributed by atoms with van der Waals surface area (Å²) in [4.78, 5) is 16.3. The van der Waals surface area contributed by atoms with Gasteiger partial charge in [-0.2, -0.15) is 0 Å². The zero-order chi connectivity index (χ0) is 15.0. The van der Waals surface area contributed by atoms with Crippen LogP contribution in [0.15, 0.2) is 48.7 Å². The Morgan fingerprint density at radius 3 is 2.57 bits per heavy atom. The number of aromatic nitrogens is 1. The minimum absolute atomic E-state index is 0.158. The average Bonchev–Trinajstić information content (AvgIpc) is 2.52. The third-order valence-electron chi connectivity index (χ3n) is 3.15. The number of rotatable bonds is 2. The molecule has 0 amide bonds. The second kappa shape index (κ2) is 5.01. The molecule has 0 spiro atoms. The number of carbonyl (C=O) groups is 1. The van der Waals surface area contributed by atoms with Gasteiger partial charge in [-0.25, -0.2) is 13.2 Å². The Balaban J connectivity index is 2.10. The highest BCUT2D eigenvalue weighted by Gasteiger charge is 2.20. The Kier molecular flexibility index (Phi) is 3.17. The fourth-order valence-electron chi connectivity index (χ4n) is 2.06. The molecule has 2 aromatic carbocycles. The van der Waals surface area contributed by atoms with E-state index < -0.39 is 28.8 Å². The van der Waals surface area contributed by atoms with Gasteiger partial charge in [0.25, 0.3) is 0 Å². The van der Waals surface area contributed by atoms with Crippen molar-refractivity contribution in [3.8, 4) is 0 Å². The number of hydrogen-bond acceptors (Lipinski definition) is 2.